The number of alkyl carbamates (subject to hydrolysis) is 1. The summed E-state index contributed by atoms with van der Waals surface area (Å²) in [6.07, 6.45) is 2.00. The van der Waals surface area contributed by atoms with Gasteiger partial charge in [-0.15, -0.1) is 0 Å². The van der Waals surface area contributed by atoms with Crippen molar-refractivity contribution in [2.24, 2.45) is 29.0 Å². The molecule has 14 nitrogen and oxygen atoms in total. The molecule has 1 aliphatic rings. The molecular weight excluding hydrogens is 608 g/mol. The number of fused-ring (bicyclic) bond motifs is 3. The Bertz CT molecular complexity index is 1350. The Hall–Kier alpha value is -4.69. The monoisotopic (exact) mass is 658 g/mol. The van der Waals surface area contributed by atoms with Crippen molar-refractivity contribution < 1.29 is 39.2 Å². The normalized spacial score (nSPS) is 12.9. The Morgan fingerprint density at radius 1 is 0.851 bits per heavy atom. The van der Waals surface area contributed by atoms with Crippen molar-refractivity contribution in [3.8, 4) is 11.1 Å². The summed E-state index contributed by atoms with van der Waals surface area (Å²) in [4.78, 5) is 43.6. The zero-order valence-electron chi connectivity index (χ0n) is 27.5. The second-order valence-electron chi connectivity index (χ2n) is 12.0. The molecule has 12 N–H and O–H groups in total. The molecule has 260 valence electrons. The van der Waals surface area contributed by atoms with Crippen LogP contribution in [-0.4, -0.2) is 70.0 Å². The van der Waals surface area contributed by atoms with Gasteiger partial charge in [-0.05, 0) is 71.8 Å². The number of benzene rings is 2. The van der Waals surface area contributed by atoms with Gasteiger partial charge in [-0.2, -0.15) is 0 Å². The number of guanidine groups is 1. The molecule has 3 unspecified atom stereocenters. The van der Waals surface area contributed by atoms with E-state index in [1.807, 2.05) is 52.0 Å². The number of carboxylic acids is 3. The predicted molar refractivity (Wildman–Crippen MR) is 179 cm³/mol. The summed E-state index contributed by atoms with van der Waals surface area (Å²) in [7, 11) is 0. The van der Waals surface area contributed by atoms with Crippen LogP contribution >= 0.6 is 0 Å². The Kier molecular flexibility index (Phi) is 17.5. The standard InChI is InChI=1S/C21H23NO4.C6H14N4O2.C6H13NO2/c1-13(2)10-19(20(23)24)22-21(25)26-12-15-7-5-9-17-16-8-4-3-6-14(16)11-18(15)17;7-4(5(11)12)2-1-3-10-6(8)9;1-4(2)3-5(7)6(8)9/h3-9,13,19H,10-12H2,1-2H3,(H,22,25)(H,23,24);4H,1-3,7H2,(H,11,12)(H4,8,9,10);4-5H,3,7H2,1-2H3,(H,8,9). The van der Waals surface area contributed by atoms with Gasteiger partial charge in [0.1, 0.15) is 24.7 Å². The van der Waals surface area contributed by atoms with E-state index in [9.17, 15) is 24.3 Å². The number of amides is 1. The van der Waals surface area contributed by atoms with Gasteiger partial charge in [0.15, 0.2) is 5.96 Å². The Morgan fingerprint density at radius 3 is 1.98 bits per heavy atom. The molecule has 47 heavy (non-hydrogen) atoms. The molecule has 1 aliphatic carbocycles. The fourth-order valence-electron chi connectivity index (χ4n) is 4.66. The van der Waals surface area contributed by atoms with Gasteiger partial charge in [-0.1, -0.05) is 70.2 Å². The van der Waals surface area contributed by atoms with E-state index in [0.717, 1.165) is 12.0 Å². The number of ether oxygens (including phenoxy) is 1. The molecule has 0 aliphatic heterocycles. The van der Waals surface area contributed by atoms with Crippen LogP contribution in [0, 0.1) is 17.2 Å². The molecule has 2 aromatic rings. The number of nitrogens with two attached hydrogens (primary N) is 3. The first-order valence-corrected chi connectivity index (χ1v) is 15.4. The average molecular weight is 659 g/mol. The second-order valence-corrected chi connectivity index (χ2v) is 12.0. The van der Waals surface area contributed by atoms with E-state index in [0.29, 0.717) is 38.1 Å². The summed E-state index contributed by atoms with van der Waals surface area (Å²) in [5, 5.41) is 37.7. The number of nitrogens with one attached hydrogen (secondary N) is 3. The lowest BCUT2D eigenvalue weighted by molar-refractivity contribution is -0.140. The number of carbonyl (C=O) groups is 4. The average Bonchev–Trinajstić information content (AvgIpc) is 3.37. The highest BCUT2D eigenvalue weighted by Gasteiger charge is 2.23. The summed E-state index contributed by atoms with van der Waals surface area (Å²) in [6.45, 7) is 8.32. The van der Waals surface area contributed by atoms with Crippen molar-refractivity contribution in [3.05, 3.63) is 59.2 Å². The van der Waals surface area contributed by atoms with Crippen molar-refractivity contribution in [1.82, 2.24) is 10.6 Å². The van der Waals surface area contributed by atoms with Gasteiger partial charge in [0.25, 0.3) is 0 Å². The maximum absolute atomic E-state index is 12.0. The lowest BCUT2D eigenvalue weighted by Gasteiger charge is -2.17. The van der Waals surface area contributed by atoms with E-state index in [4.69, 9.17) is 37.6 Å². The number of rotatable bonds is 14. The van der Waals surface area contributed by atoms with Crippen molar-refractivity contribution >= 4 is 30.0 Å². The third kappa shape index (κ3) is 15.4. The molecule has 0 aromatic heterocycles. The minimum atomic E-state index is -1.05. The third-order valence-electron chi connectivity index (χ3n) is 6.97. The van der Waals surface area contributed by atoms with Crippen LogP contribution in [0.25, 0.3) is 11.1 Å². The minimum Gasteiger partial charge on any atom is -0.480 e. The molecular formula is C33H50N6O8. The van der Waals surface area contributed by atoms with Gasteiger partial charge >= 0.3 is 24.0 Å². The topological polar surface area (TPSA) is 264 Å². The molecule has 0 fully saturated rings. The fraction of sp³-hybridized carbons (Fsp3) is 0.485. The maximum Gasteiger partial charge on any atom is 0.408 e. The summed E-state index contributed by atoms with van der Waals surface area (Å²) in [5.74, 6) is -2.56. The third-order valence-corrected chi connectivity index (χ3v) is 6.97. The van der Waals surface area contributed by atoms with Crippen molar-refractivity contribution in [3.63, 3.8) is 0 Å². The molecule has 0 bridgehead atoms. The Balaban J connectivity index is 0.000000437. The quantitative estimate of drug-likeness (QED) is 0.0687. The van der Waals surface area contributed by atoms with Gasteiger partial charge < -0.3 is 47.9 Å². The second kappa shape index (κ2) is 20.4. The summed E-state index contributed by atoms with van der Waals surface area (Å²) in [5.41, 5.74) is 21.2. The number of aliphatic carboxylic acids is 3. The summed E-state index contributed by atoms with van der Waals surface area (Å²) in [6, 6.07) is 11.8. The number of carboxylic acid groups (broad SMARTS) is 3. The zero-order valence-corrected chi connectivity index (χ0v) is 27.5. The van der Waals surface area contributed by atoms with Gasteiger partial charge in [0, 0.05) is 6.54 Å². The molecule has 14 heteroatoms. The first-order valence-electron chi connectivity index (χ1n) is 15.4. The fourth-order valence-corrected chi connectivity index (χ4v) is 4.66. The lowest BCUT2D eigenvalue weighted by Crippen LogP contribution is -2.41. The van der Waals surface area contributed by atoms with E-state index in [2.05, 4.69) is 28.8 Å². The van der Waals surface area contributed by atoms with Gasteiger partial charge in [-0.3, -0.25) is 15.0 Å². The van der Waals surface area contributed by atoms with Gasteiger partial charge in [0.2, 0.25) is 0 Å². The molecule has 1 amide bonds. The molecule has 2 aromatic carbocycles. The van der Waals surface area contributed by atoms with Crippen LogP contribution in [0.15, 0.2) is 42.5 Å². The number of hydrogen-bond donors (Lipinski definition) is 9. The van der Waals surface area contributed by atoms with E-state index < -0.39 is 42.1 Å². The van der Waals surface area contributed by atoms with Crippen molar-refractivity contribution in [1.29, 1.82) is 5.41 Å². The first-order chi connectivity index (χ1) is 22.0. The van der Waals surface area contributed by atoms with Crippen molar-refractivity contribution in [2.75, 3.05) is 6.54 Å². The van der Waals surface area contributed by atoms with Crippen LogP contribution in [0.2, 0.25) is 0 Å². The summed E-state index contributed by atoms with van der Waals surface area (Å²) >= 11 is 0. The van der Waals surface area contributed by atoms with Crippen LogP contribution in [0.5, 0.6) is 0 Å². The zero-order chi connectivity index (χ0) is 35.7. The molecule has 0 saturated heterocycles. The highest BCUT2D eigenvalue weighted by molar-refractivity contribution is 5.80. The largest absolute Gasteiger partial charge is 0.480 e. The first kappa shape index (κ1) is 40.3. The molecule has 3 rings (SSSR count). The van der Waals surface area contributed by atoms with Crippen LogP contribution < -0.4 is 27.8 Å². The minimum absolute atomic E-state index is 0.112. The predicted octanol–water partition coefficient (Wildman–Crippen LogP) is 3.09. The molecule has 0 spiro atoms. The molecule has 0 heterocycles. The SMILES string of the molecule is CC(C)CC(N)C(=O)O.CC(C)CC(NC(=O)OCc1cccc2c1Cc1ccccc1-2)C(=O)O.N=C(N)NCCCC(N)C(=O)O. The van der Waals surface area contributed by atoms with Crippen LogP contribution in [0.3, 0.4) is 0 Å². The molecule has 0 radical (unpaired) electrons. The van der Waals surface area contributed by atoms with Crippen LogP contribution in [0.1, 0.15) is 70.1 Å². The van der Waals surface area contributed by atoms with Crippen LogP contribution in [0.4, 0.5) is 4.79 Å². The van der Waals surface area contributed by atoms with E-state index in [1.54, 1.807) is 0 Å². The maximum atomic E-state index is 12.0. The van der Waals surface area contributed by atoms with E-state index >= 15 is 0 Å². The number of hydrogen-bond acceptors (Lipinski definition) is 8. The molecule has 3 atom stereocenters. The number of carbonyl (C=O) groups excluding carboxylic acids is 1. The summed E-state index contributed by atoms with van der Waals surface area (Å²) < 4.78 is 5.30. The van der Waals surface area contributed by atoms with Gasteiger partial charge in [0.05, 0.1) is 0 Å². The lowest BCUT2D eigenvalue weighted by atomic mass is 10.0. The Morgan fingerprint density at radius 2 is 1.45 bits per heavy atom. The van der Waals surface area contributed by atoms with Gasteiger partial charge in [-0.25, -0.2) is 9.59 Å². The highest BCUT2D eigenvalue weighted by Crippen LogP contribution is 2.38. The molecule has 0 saturated carbocycles. The van der Waals surface area contributed by atoms with Crippen molar-refractivity contribution in [2.45, 2.75) is 84.5 Å². The smallest absolute Gasteiger partial charge is 0.408 e. The van der Waals surface area contributed by atoms with Crippen LogP contribution in [-0.2, 0) is 32.1 Å². The Labute approximate surface area is 275 Å². The van der Waals surface area contributed by atoms with E-state index in [1.165, 1.54) is 22.3 Å². The van der Waals surface area contributed by atoms with E-state index in [-0.39, 0.29) is 18.5 Å². The highest BCUT2D eigenvalue weighted by atomic mass is 16.5.